The zero-order chi connectivity index (χ0) is 14.7. The number of ether oxygens (including phenoxy) is 1. The molecule has 104 valence electrons. The van der Waals surface area contributed by atoms with Gasteiger partial charge < -0.3 is 15.7 Å². The molecule has 0 saturated heterocycles. The molecule has 2 rings (SSSR count). The molecule has 3 N–H and O–H groups in total. The van der Waals surface area contributed by atoms with Gasteiger partial charge in [0.15, 0.2) is 5.84 Å². The Bertz CT molecular complexity index is 674. The lowest BCUT2D eigenvalue weighted by Crippen LogP contribution is -2.14. The monoisotopic (exact) mass is 294 g/mol. The van der Waals surface area contributed by atoms with E-state index < -0.39 is 5.82 Å². The molecule has 0 saturated carbocycles. The smallest absolute Gasteiger partial charge is 0.173 e. The highest BCUT2D eigenvalue weighted by atomic mass is 35.5. The molecule has 0 unspecified atom stereocenters. The van der Waals surface area contributed by atoms with E-state index in [1.807, 2.05) is 13.0 Å². The molecular weight excluding hydrogens is 283 g/mol. The summed E-state index contributed by atoms with van der Waals surface area (Å²) in [5.74, 6) is 0.136. The maximum absolute atomic E-state index is 13.1. The second-order valence-corrected chi connectivity index (χ2v) is 4.57. The van der Waals surface area contributed by atoms with Crippen LogP contribution in [0.1, 0.15) is 11.1 Å². The normalized spacial score (nSPS) is 11.4. The molecule has 0 bridgehead atoms. The van der Waals surface area contributed by atoms with Gasteiger partial charge >= 0.3 is 0 Å². The summed E-state index contributed by atoms with van der Waals surface area (Å²) < 4.78 is 18.7. The average Bonchev–Trinajstić information content (AvgIpc) is 2.44. The van der Waals surface area contributed by atoms with E-state index in [-0.39, 0.29) is 10.9 Å². The van der Waals surface area contributed by atoms with Crippen molar-refractivity contribution in [2.75, 3.05) is 0 Å². The maximum Gasteiger partial charge on any atom is 0.173 e. The molecule has 0 aromatic heterocycles. The van der Waals surface area contributed by atoms with Crippen LogP contribution in [0.15, 0.2) is 41.6 Å². The number of nitrogens with two attached hydrogens (primary N) is 1. The number of nitrogens with zero attached hydrogens (tertiary/aromatic N) is 1. The number of oxime groups is 1. The molecule has 2 aromatic rings. The van der Waals surface area contributed by atoms with Crippen LogP contribution in [0.25, 0.3) is 0 Å². The molecule has 0 atom stereocenters. The fourth-order valence-electron chi connectivity index (χ4n) is 1.65. The fourth-order valence-corrected chi connectivity index (χ4v) is 1.82. The van der Waals surface area contributed by atoms with Crippen molar-refractivity contribution in [2.45, 2.75) is 6.92 Å². The first-order valence-electron chi connectivity index (χ1n) is 5.72. The van der Waals surface area contributed by atoms with Crippen LogP contribution in [0.4, 0.5) is 4.39 Å². The van der Waals surface area contributed by atoms with Crippen molar-refractivity contribution in [3.63, 3.8) is 0 Å². The lowest BCUT2D eigenvalue weighted by molar-refractivity contribution is 0.318. The molecule has 4 nitrogen and oxygen atoms in total. The van der Waals surface area contributed by atoms with Gasteiger partial charge in [0, 0.05) is 6.07 Å². The highest BCUT2D eigenvalue weighted by Crippen LogP contribution is 2.29. The average molecular weight is 295 g/mol. The summed E-state index contributed by atoms with van der Waals surface area (Å²) in [7, 11) is 0. The van der Waals surface area contributed by atoms with Crippen molar-refractivity contribution >= 4 is 17.4 Å². The first kappa shape index (κ1) is 14.1. The van der Waals surface area contributed by atoms with Crippen LogP contribution in [0.5, 0.6) is 11.5 Å². The predicted octanol–water partition coefficient (Wildman–Crippen LogP) is 3.67. The van der Waals surface area contributed by atoms with E-state index in [0.717, 1.165) is 5.56 Å². The molecule has 0 aliphatic heterocycles. The molecule has 0 fully saturated rings. The first-order valence-corrected chi connectivity index (χ1v) is 6.10. The van der Waals surface area contributed by atoms with E-state index in [1.165, 1.54) is 18.2 Å². The Morgan fingerprint density at radius 1 is 1.30 bits per heavy atom. The van der Waals surface area contributed by atoms with Crippen LogP contribution in [0.2, 0.25) is 5.02 Å². The number of hydrogen-bond donors (Lipinski definition) is 2. The van der Waals surface area contributed by atoms with Gasteiger partial charge in [0.1, 0.15) is 17.3 Å². The highest BCUT2D eigenvalue weighted by Gasteiger charge is 2.11. The Hall–Kier alpha value is -2.27. The van der Waals surface area contributed by atoms with E-state index in [2.05, 4.69) is 5.16 Å². The molecular formula is C14H12ClFN2O2. The summed E-state index contributed by atoms with van der Waals surface area (Å²) in [5.41, 5.74) is 6.97. The molecule has 0 spiro atoms. The second-order valence-electron chi connectivity index (χ2n) is 4.16. The summed E-state index contributed by atoms with van der Waals surface area (Å²) in [4.78, 5) is 0. The van der Waals surface area contributed by atoms with Crippen LogP contribution >= 0.6 is 11.6 Å². The molecule has 2 aromatic carbocycles. The molecule has 20 heavy (non-hydrogen) atoms. The van der Waals surface area contributed by atoms with Gasteiger partial charge in [-0.3, -0.25) is 0 Å². The summed E-state index contributed by atoms with van der Waals surface area (Å²) in [5, 5.41) is 11.7. The summed E-state index contributed by atoms with van der Waals surface area (Å²) >= 11 is 5.69. The van der Waals surface area contributed by atoms with Crippen molar-refractivity contribution < 1.29 is 14.3 Å². The van der Waals surface area contributed by atoms with Gasteiger partial charge in [-0.25, -0.2) is 4.39 Å². The molecule has 0 radical (unpaired) electrons. The van der Waals surface area contributed by atoms with Gasteiger partial charge in [-0.15, -0.1) is 0 Å². The van der Waals surface area contributed by atoms with Crippen LogP contribution in [0, 0.1) is 12.7 Å². The maximum atomic E-state index is 13.1. The fraction of sp³-hybridized carbons (Fsp3) is 0.0714. The number of halogens is 2. The van der Waals surface area contributed by atoms with E-state index in [9.17, 15) is 4.39 Å². The summed E-state index contributed by atoms with van der Waals surface area (Å²) in [6.45, 7) is 1.87. The van der Waals surface area contributed by atoms with Gasteiger partial charge in [-0.1, -0.05) is 28.4 Å². The zero-order valence-electron chi connectivity index (χ0n) is 10.6. The lowest BCUT2D eigenvalue weighted by Gasteiger charge is -2.11. The van der Waals surface area contributed by atoms with Crippen molar-refractivity contribution in [2.24, 2.45) is 10.9 Å². The van der Waals surface area contributed by atoms with Crippen molar-refractivity contribution in [1.82, 2.24) is 0 Å². The van der Waals surface area contributed by atoms with Crippen molar-refractivity contribution in [1.29, 1.82) is 0 Å². The third-order valence-corrected chi connectivity index (χ3v) is 2.93. The van der Waals surface area contributed by atoms with Gasteiger partial charge in [0.25, 0.3) is 0 Å². The minimum atomic E-state index is -0.528. The number of amidine groups is 1. The van der Waals surface area contributed by atoms with E-state index >= 15 is 0 Å². The highest BCUT2D eigenvalue weighted by molar-refractivity contribution is 6.30. The standard InChI is InChI=1S/C14H12ClFN2O2/c1-8-2-5-13(10(6-8)14(17)18-19)20-9-3-4-12(16)11(15)7-9/h2-7,19H,1H3,(H2,17,18). The zero-order valence-corrected chi connectivity index (χ0v) is 11.4. The Morgan fingerprint density at radius 3 is 2.70 bits per heavy atom. The second kappa shape index (κ2) is 5.79. The molecule has 0 aliphatic carbocycles. The van der Waals surface area contributed by atoms with Crippen LogP contribution in [0.3, 0.4) is 0 Å². The Labute approximate surface area is 120 Å². The molecule has 0 amide bonds. The third-order valence-electron chi connectivity index (χ3n) is 2.64. The molecule has 0 heterocycles. The Balaban J connectivity index is 2.40. The van der Waals surface area contributed by atoms with Gasteiger partial charge in [-0.2, -0.15) is 0 Å². The SMILES string of the molecule is Cc1ccc(Oc2ccc(F)c(Cl)c2)c(/C(N)=N/O)c1. The summed E-state index contributed by atoms with van der Waals surface area (Å²) in [6, 6.07) is 9.21. The Kier molecular flexibility index (Phi) is 4.10. The van der Waals surface area contributed by atoms with Crippen molar-refractivity contribution in [3.05, 3.63) is 58.4 Å². The largest absolute Gasteiger partial charge is 0.457 e. The first-order chi connectivity index (χ1) is 9.51. The lowest BCUT2D eigenvalue weighted by atomic mass is 10.1. The predicted molar refractivity (Wildman–Crippen MR) is 75.2 cm³/mol. The quantitative estimate of drug-likeness (QED) is 0.393. The topological polar surface area (TPSA) is 67.8 Å². The van der Waals surface area contributed by atoms with Crippen LogP contribution in [-0.2, 0) is 0 Å². The Morgan fingerprint density at radius 2 is 2.05 bits per heavy atom. The molecule has 6 heteroatoms. The van der Waals surface area contributed by atoms with E-state index in [1.54, 1.807) is 12.1 Å². The number of rotatable bonds is 3. The van der Waals surface area contributed by atoms with Gasteiger partial charge in [-0.05, 0) is 31.2 Å². The number of benzene rings is 2. The van der Waals surface area contributed by atoms with Crippen LogP contribution < -0.4 is 10.5 Å². The minimum absolute atomic E-state index is 0.0417. The molecule has 0 aliphatic rings. The van der Waals surface area contributed by atoms with Crippen LogP contribution in [-0.4, -0.2) is 11.0 Å². The summed E-state index contributed by atoms with van der Waals surface area (Å²) in [6.07, 6.45) is 0. The van der Waals surface area contributed by atoms with Gasteiger partial charge in [0.05, 0.1) is 10.6 Å². The minimum Gasteiger partial charge on any atom is -0.457 e. The van der Waals surface area contributed by atoms with Crippen molar-refractivity contribution in [3.8, 4) is 11.5 Å². The van der Waals surface area contributed by atoms with E-state index in [0.29, 0.717) is 17.1 Å². The van der Waals surface area contributed by atoms with E-state index in [4.69, 9.17) is 27.3 Å². The number of hydrogen-bond acceptors (Lipinski definition) is 3. The van der Waals surface area contributed by atoms with Gasteiger partial charge in [0.2, 0.25) is 0 Å². The third kappa shape index (κ3) is 3.00. The number of aryl methyl sites for hydroxylation is 1.